The van der Waals surface area contributed by atoms with Crippen molar-refractivity contribution in [2.24, 2.45) is 0 Å². The Balaban J connectivity index is 1.34. The maximum atomic E-state index is 12.5. The minimum absolute atomic E-state index is 0.00704. The van der Waals surface area contributed by atoms with Crippen molar-refractivity contribution < 1.29 is 9.21 Å². The van der Waals surface area contributed by atoms with Gasteiger partial charge in [0.1, 0.15) is 11.6 Å². The van der Waals surface area contributed by atoms with E-state index in [1.807, 2.05) is 29.2 Å². The van der Waals surface area contributed by atoms with Crippen LogP contribution in [0, 0.1) is 0 Å². The molecule has 6 nitrogen and oxygen atoms in total. The highest BCUT2D eigenvalue weighted by atomic mass is 32.2. The lowest BCUT2D eigenvalue weighted by Gasteiger charge is -2.18. The number of anilines is 1. The number of nitrogens with zero attached hydrogens (tertiary/aromatic N) is 4. The normalized spacial score (nSPS) is 16.3. The minimum atomic E-state index is -0.00704. The summed E-state index contributed by atoms with van der Waals surface area (Å²) in [6, 6.07) is 16.0. The average Bonchev–Trinajstić information content (AvgIpc) is 3.60. The van der Waals surface area contributed by atoms with Crippen LogP contribution in [0.1, 0.15) is 42.0 Å². The molecule has 1 amide bonds. The van der Waals surface area contributed by atoms with E-state index in [4.69, 9.17) is 14.4 Å². The highest BCUT2D eigenvalue weighted by Gasteiger charge is 2.22. The molecule has 2 aliphatic rings. The molecular formula is C24H26N4O2S. The predicted octanol–water partition coefficient (Wildman–Crippen LogP) is 4.87. The summed E-state index contributed by atoms with van der Waals surface area (Å²) in [5.74, 6) is 2.76. The van der Waals surface area contributed by atoms with E-state index < -0.39 is 0 Å². The van der Waals surface area contributed by atoms with Crippen molar-refractivity contribution >= 4 is 23.5 Å². The van der Waals surface area contributed by atoms with E-state index in [1.165, 1.54) is 12.8 Å². The molecule has 0 saturated carbocycles. The van der Waals surface area contributed by atoms with Crippen molar-refractivity contribution in [3.8, 4) is 11.3 Å². The lowest BCUT2D eigenvalue weighted by atomic mass is 10.1. The van der Waals surface area contributed by atoms with E-state index >= 15 is 0 Å². The van der Waals surface area contributed by atoms with E-state index in [0.717, 1.165) is 67.0 Å². The summed E-state index contributed by atoms with van der Waals surface area (Å²) < 4.78 is 5.85. The number of hydrogen-bond acceptors (Lipinski definition) is 6. The van der Waals surface area contributed by atoms with E-state index in [0.29, 0.717) is 11.5 Å². The van der Waals surface area contributed by atoms with Crippen molar-refractivity contribution in [1.29, 1.82) is 0 Å². The second-order valence-corrected chi connectivity index (χ2v) is 8.95. The Morgan fingerprint density at radius 3 is 2.45 bits per heavy atom. The molecule has 2 fully saturated rings. The van der Waals surface area contributed by atoms with Crippen molar-refractivity contribution in [2.45, 2.75) is 36.6 Å². The Hall–Kier alpha value is -2.80. The molecule has 1 aromatic carbocycles. The number of rotatable bonds is 6. The van der Waals surface area contributed by atoms with Crippen LogP contribution in [0.25, 0.3) is 11.3 Å². The summed E-state index contributed by atoms with van der Waals surface area (Å²) in [6.07, 6.45) is 4.55. The van der Waals surface area contributed by atoms with E-state index in [1.54, 1.807) is 17.8 Å². The van der Waals surface area contributed by atoms with Crippen molar-refractivity contribution in [3.63, 3.8) is 0 Å². The molecule has 7 heteroatoms. The van der Waals surface area contributed by atoms with Crippen LogP contribution in [0.5, 0.6) is 0 Å². The number of thioether (sulfide) groups is 1. The number of hydrogen-bond donors (Lipinski definition) is 0. The van der Waals surface area contributed by atoms with Gasteiger partial charge in [-0.25, -0.2) is 9.97 Å². The van der Waals surface area contributed by atoms with Gasteiger partial charge < -0.3 is 14.2 Å². The first-order chi connectivity index (χ1) is 15.3. The minimum Gasteiger partial charge on any atom is -0.455 e. The molecule has 0 bridgehead atoms. The van der Waals surface area contributed by atoms with Crippen LogP contribution in [-0.2, 0) is 5.75 Å². The molecule has 0 spiro atoms. The molecule has 5 rings (SSSR count). The summed E-state index contributed by atoms with van der Waals surface area (Å²) in [4.78, 5) is 26.3. The Morgan fingerprint density at radius 1 is 0.935 bits per heavy atom. The SMILES string of the molecule is O=C(c1ccc(CSc2nc(-c3ccccc3)cc(N3CCCC3)n2)o1)N1CCCC1. The fourth-order valence-electron chi connectivity index (χ4n) is 4.12. The lowest BCUT2D eigenvalue weighted by molar-refractivity contribution is 0.0760. The van der Waals surface area contributed by atoms with Gasteiger partial charge in [-0.05, 0) is 37.8 Å². The zero-order valence-electron chi connectivity index (χ0n) is 17.5. The molecule has 0 radical (unpaired) electrons. The van der Waals surface area contributed by atoms with Crippen LogP contribution in [0.4, 0.5) is 5.82 Å². The smallest absolute Gasteiger partial charge is 0.289 e. The Labute approximate surface area is 186 Å². The van der Waals surface area contributed by atoms with Gasteiger partial charge in [0.25, 0.3) is 5.91 Å². The quantitative estimate of drug-likeness (QED) is 0.408. The lowest BCUT2D eigenvalue weighted by Crippen LogP contribution is -2.27. The second-order valence-electron chi connectivity index (χ2n) is 8.01. The van der Waals surface area contributed by atoms with Crippen molar-refractivity contribution in [2.75, 3.05) is 31.1 Å². The maximum absolute atomic E-state index is 12.5. The van der Waals surface area contributed by atoms with Crippen LogP contribution in [0.15, 0.2) is 58.1 Å². The average molecular weight is 435 g/mol. The molecule has 2 aromatic heterocycles. The molecule has 0 aliphatic carbocycles. The van der Waals surface area contributed by atoms with Gasteiger partial charge in [-0.15, -0.1) is 0 Å². The Bertz CT molecular complexity index is 1040. The van der Waals surface area contributed by atoms with Gasteiger partial charge >= 0.3 is 0 Å². The van der Waals surface area contributed by atoms with Crippen molar-refractivity contribution in [3.05, 3.63) is 60.1 Å². The molecule has 4 heterocycles. The van der Waals surface area contributed by atoms with Crippen LogP contribution < -0.4 is 4.90 Å². The third kappa shape index (κ3) is 4.61. The number of furan rings is 1. The maximum Gasteiger partial charge on any atom is 0.289 e. The summed E-state index contributed by atoms with van der Waals surface area (Å²) >= 11 is 1.55. The molecule has 0 N–H and O–H groups in total. The number of carbonyl (C=O) groups is 1. The summed E-state index contributed by atoms with van der Waals surface area (Å²) in [5.41, 5.74) is 2.02. The van der Waals surface area contributed by atoms with E-state index in [9.17, 15) is 4.79 Å². The molecule has 3 aromatic rings. The molecule has 2 saturated heterocycles. The highest BCUT2D eigenvalue weighted by Crippen LogP contribution is 2.29. The molecule has 160 valence electrons. The standard InChI is InChI=1S/C24H26N4O2S/c29-23(28-14-6-7-15-28)21-11-10-19(30-21)17-31-24-25-20(18-8-2-1-3-9-18)16-22(26-24)27-12-4-5-13-27/h1-3,8-11,16H,4-7,12-15,17H2. The molecule has 0 unspecified atom stereocenters. The van der Waals surface area contributed by atoms with Gasteiger partial charge in [-0.1, -0.05) is 42.1 Å². The van der Waals surface area contributed by atoms with Gasteiger partial charge in [0.15, 0.2) is 10.9 Å². The highest BCUT2D eigenvalue weighted by molar-refractivity contribution is 7.98. The number of aromatic nitrogens is 2. The van der Waals surface area contributed by atoms with Crippen LogP contribution >= 0.6 is 11.8 Å². The Morgan fingerprint density at radius 2 is 1.68 bits per heavy atom. The largest absolute Gasteiger partial charge is 0.455 e. The topological polar surface area (TPSA) is 62.5 Å². The van der Waals surface area contributed by atoms with Gasteiger partial charge in [0, 0.05) is 37.8 Å². The first-order valence-corrected chi connectivity index (χ1v) is 11.9. The monoisotopic (exact) mass is 434 g/mol. The number of amides is 1. The molecule has 2 aliphatic heterocycles. The fourth-order valence-corrected chi connectivity index (χ4v) is 4.87. The summed E-state index contributed by atoms with van der Waals surface area (Å²) in [6.45, 7) is 3.72. The number of carbonyl (C=O) groups excluding carboxylic acids is 1. The van der Waals surface area contributed by atoms with Gasteiger partial charge in [-0.3, -0.25) is 4.79 Å². The van der Waals surface area contributed by atoms with Gasteiger partial charge in [0.2, 0.25) is 0 Å². The van der Waals surface area contributed by atoms with E-state index in [2.05, 4.69) is 23.1 Å². The predicted molar refractivity (Wildman–Crippen MR) is 122 cm³/mol. The van der Waals surface area contributed by atoms with Crippen LogP contribution in [-0.4, -0.2) is 47.0 Å². The summed E-state index contributed by atoms with van der Waals surface area (Å²) in [7, 11) is 0. The third-order valence-electron chi connectivity index (χ3n) is 5.80. The molecule has 0 atom stereocenters. The van der Waals surface area contributed by atoms with Crippen LogP contribution in [0.3, 0.4) is 0 Å². The van der Waals surface area contributed by atoms with Crippen LogP contribution in [0.2, 0.25) is 0 Å². The first-order valence-electron chi connectivity index (χ1n) is 11.0. The second kappa shape index (κ2) is 9.14. The fraction of sp³-hybridized carbons (Fsp3) is 0.375. The van der Waals surface area contributed by atoms with Crippen molar-refractivity contribution in [1.82, 2.24) is 14.9 Å². The van der Waals surface area contributed by atoms with Gasteiger partial charge in [0.05, 0.1) is 11.4 Å². The third-order valence-corrected chi connectivity index (χ3v) is 6.67. The van der Waals surface area contributed by atoms with E-state index in [-0.39, 0.29) is 5.91 Å². The molecular weight excluding hydrogens is 408 g/mol. The summed E-state index contributed by atoms with van der Waals surface area (Å²) in [5, 5.41) is 0.729. The zero-order valence-corrected chi connectivity index (χ0v) is 18.3. The Kier molecular flexibility index (Phi) is 5.93. The number of benzene rings is 1. The zero-order chi connectivity index (χ0) is 21.0. The number of likely N-dealkylation sites (tertiary alicyclic amines) is 1. The van der Waals surface area contributed by atoms with Gasteiger partial charge in [-0.2, -0.15) is 0 Å². The molecule has 31 heavy (non-hydrogen) atoms. The first kappa shape index (κ1) is 20.1.